The highest BCUT2D eigenvalue weighted by molar-refractivity contribution is 5.99. The zero-order valence-electron chi connectivity index (χ0n) is 14.4. The van der Waals surface area contributed by atoms with Gasteiger partial charge in [-0.1, -0.05) is 32.9 Å². The molecule has 2 bridgehead atoms. The Kier molecular flexibility index (Phi) is 2.89. The summed E-state index contributed by atoms with van der Waals surface area (Å²) in [5.74, 6) is 0.467. The van der Waals surface area contributed by atoms with Crippen molar-refractivity contribution in [2.24, 2.45) is 33.5 Å². The average molecular weight is 316 g/mol. The van der Waals surface area contributed by atoms with Gasteiger partial charge >= 0.3 is 0 Å². The lowest BCUT2D eigenvalue weighted by Gasteiger charge is -2.62. The number of aliphatic hydroxyl groups is 2. The summed E-state index contributed by atoms with van der Waals surface area (Å²) in [6, 6.07) is 0. The Labute approximate surface area is 138 Å². The van der Waals surface area contributed by atoms with Gasteiger partial charge in [0.15, 0.2) is 5.76 Å². The molecule has 5 unspecified atom stereocenters. The fourth-order valence-electron chi connectivity index (χ4n) is 6.89. The lowest BCUT2D eigenvalue weighted by Crippen LogP contribution is -2.60. The second kappa shape index (κ2) is 4.30. The normalized spacial score (nSPS) is 50.3. The fourth-order valence-corrected chi connectivity index (χ4v) is 6.89. The van der Waals surface area contributed by atoms with Crippen LogP contribution in [0, 0.1) is 33.5 Å². The molecule has 3 nitrogen and oxygen atoms in total. The Balaban J connectivity index is 1.82. The van der Waals surface area contributed by atoms with E-state index in [1.165, 1.54) is 0 Å². The van der Waals surface area contributed by atoms with Gasteiger partial charge in [0.1, 0.15) is 0 Å². The SMILES string of the molecule is CC1(C)C=C(O)C(=O)C2(C)C1CCC13C=CC(CO)(CCC12)C3. The van der Waals surface area contributed by atoms with Gasteiger partial charge in [-0.2, -0.15) is 0 Å². The summed E-state index contributed by atoms with van der Waals surface area (Å²) in [7, 11) is 0. The maximum Gasteiger partial charge on any atom is 0.203 e. The highest BCUT2D eigenvalue weighted by Gasteiger charge is 2.66. The number of allylic oxidation sites excluding steroid dienone is 3. The van der Waals surface area contributed by atoms with E-state index in [2.05, 4.69) is 32.9 Å². The van der Waals surface area contributed by atoms with Crippen molar-refractivity contribution in [1.82, 2.24) is 0 Å². The van der Waals surface area contributed by atoms with Gasteiger partial charge in [0, 0.05) is 10.8 Å². The largest absolute Gasteiger partial charge is 0.505 e. The molecule has 4 aliphatic carbocycles. The fraction of sp³-hybridized carbons (Fsp3) is 0.750. The summed E-state index contributed by atoms with van der Waals surface area (Å²) in [4.78, 5) is 13.1. The first-order chi connectivity index (χ1) is 10.7. The third-order valence-electron chi connectivity index (χ3n) is 7.86. The second-order valence-electron chi connectivity index (χ2n) is 9.41. The number of ketones is 1. The topological polar surface area (TPSA) is 57.5 Å². The molecule has 0 amide bonds. The predicted octanol–water partition coefficient (Wildman–Crippen LogP) is 3.79. The molecule has 2 saturated carbocycles. The molecule has 23 heavy (non-hydrogen) atoms. The summed E-state index contributed by atoms with van der Waals surface area (Å²) >= 11 is 0. The van der Waals surface area contributed by atoms with Crippen molar-refractivity contribution in [2.75, 3.05) is 6.61 Å². The summed E-state index contributed by atoms with van der Waals surface area (Å²) < 4.78 is 0. The minimum Gasteiger partial charge on any atom is -0.505 e. The molecule has 2 fully saturated rings. The zero-order chi connectivity index (χ0) is 16.7. The van der Waals surface area contributed by atoms with Crippen LogP contribution in [-0.2, 0) is 4.79 Å². The zero-order valence-corrected chi connectivity index (χ0v) is 14.4. The molecule has 0 aromatic heterocycles. The molecule has 5 atom stereocenters. The van der Waals surface area contributed by atoms with Crippen LogP contribution in [0.4, 0.5) is 0 Å². The van der Waals surface area contributed by atoms with Gasteiger partial charge < -0.3 is 10.2 Å². The molecule has 3 heteroatoms. The molecular weight excluding hydrogens is 288 g/mol. The molecule has 2 N–H and O–H groups in total. The molecule has 4 rings (SSSR count). The van der Waals surface area contributed by atoms with Crippen LogP contribution in [0.5, 0.6) is 0 Å². The smallest absolute Gasteiger partial charge is 0.203 e. The molecule has 0 aliphatic heterocycles. The number of hydrogen-bond acceptors (Lipinski definition) is 3. The summed E-state index contributed by atoms with van der Waals surface area (Å²) in [6.45, 7) is 6.63. The number of rotatable bonds is 1. The van der Waals surface area contributed by atoms with Crippen LogP contribution < -0.4 is 0 Å². The third-order valence-corrected chi connectivity index (χ3v) is 7.86. The van der Waals surface area contributed by atoms with E-state index in [4.69, 9.17) is 0 Å². The van der Waals surface area contributed by atoms with Crippen LogP contribution in [0.15, 0.2) is 24.0 Å². The Morgan fingerprint density at radius 3 is 2.52 bits per heavy atom. The van der Waals surface area contributed by atoms with E-state index >= 15 is 0 Å². The number of carbonyl (C=O) groups excluding carboxylic acids is 1. The van der Waals surface area contributed by atoms with Crippen LogP contribution in [0.3, 0.4) is 0 Å². The van der Waals surface area contributed by atoms with Crippen molar-refractivity contribution in [3.8, 4) is 0 Å². The van der Waals surface area contributed by atoms with Gasteiger partial charge in [-0.25, -0.2) is 0 Å². The Morgan fingerprint density at radius 2 is 1.83 bits per heavy atom. The van der Waals surface area contributed by atoms with Crippen molar-refractivity contribution >= 4 is 5.78 Å². The van der Waals surface area contributed by atoms with E-state index in [9.17, 15) is 15.0 Å². The quantitative estimate of drug-likeness (QED) is 0.724. The van der Waals surface area contributed by atoms with Crippen molar-refractivity contribution < 1.29 is 15.0 Å². The van der Waals surface area contributed by atoms with Gasteiger partial charge in [-0.15, -0.1) is 0 Å². The number of hydrogen-bond donors (Lipinski definition) is 2. The van der Waals surface area contributed by atoms with Crippen molar-refractivity contribution in [1.29, 1.82) is 0 Å². The molecule has 0 heterocycles. The van der Waals surface area contributed by atoms with Gasteiger partial charge in [0.2, 0.25) is 5.78 Å². The minimum absolute atomic E-state index is 0.0354. The molecule has 0 aromatic rings. The molecule has 0 radical (unpaired) electrons. The molecule has 126 valence electrons. The van der Waals surface area contributed by atoms with E-state index in [1.54, 1.807) is 6.08 Å². The summed E-state index contributed by atoms with van der Waals surface area (Å²) in [5.41, 5.74) is -0.667. The molecule has 4 aliphatic rings. The van der Waals surface area contributed by atoms with E-state index in [0.717, 1.165) is 32.1 Å². The first-order valence-corrected chi connectivity index (χ1v) is 8.97. The molecular formula is C20H28O3. The van der Waals surface area contributed by atoms with Crippen LogP contribution in [-0.4, -0.2) is 22.6 Å². The first kappa shape index (κ1) is 15.4. The van der Waals surface area contributed by atoms with Gasteiger partial charge in [0.25, 0.3) is 0 Å². The van der Waals surface area contributed by atoms with Gasteiger partial charge in [0.05, 0.1) is 6.61 Å². The predicted molar refractivity (Wildman–Crippen MR) is 88.8 cm³/mol. The number of carbonyl (C=O) groups is 1. The van der Waals surface area contributed by atoms with Crippen LogP contribution in [0.2, 0.25) is 0 Å². The average Bonchev–Trinajstić information content (AvgIpc) is 2.77. The van der Waals surface area contributed by atoms with Crippen LogP contribution in [0.1, 0.15) is 52.9 Å². The van der Waals surface area contributed by atoms with Crippen molar-refractivity contribution in [3.63, 3.8) is 0 Å². The Morgan fingerprint density at radius 1 is 1.13 bits per heavy atom. The van der Waals surface area contributed by atoms with Crippen LogP contribution >= 0.6 is 0 Å². The first-order valence-electron chi connectivity index (χ1n) is 8.97. The maximum atomic E-state index is 13.1. The lowest BCUT2D eigenvalue weighted by atomic mass is 9.41. The van der Waals surface area contributed by atoms with Crippen molar-refractivity contribution in [3.05, 3.63) is 24.0 Å². The number of aliphatic hydroxyl groups excluding tert-OH is 2. The Hall–Kier alpha value is -1.09. The van der Waals surface area contributed by atoms with Gasteiger partial charge in [-0.3, -0.25) is 4.79 Å². The minimum atomic E-state index is -0.489. The van der Waals surface area contributed by atoms with Crippen molar-refractivity contribution in [2.45, 2.75) is 52.9 Å². The monoisotopic (exact) mass is 316 g/mol. The van der Waals surface area contributed by atoms with E-state index < -0.39 is 5.41 Å². The molecule has 0 saturated heterocycles. The molecule has 0 aromatic carbocycles. The second-order valence-corrected chi connectivity index (χ2v) is 9.41. The number of Topliss-reactive ketones (excluding diaryl/α,β-unsaturated/α-hetero) is 1. The van der Waals surface area contributed by atoms with E-state index in [1.807, 2.05) is 0 Å². The molecule has 1 spiro atoms. The number of fused-ring (bicyclic) bond motifs is 3. The summed E-state index contributed by atoms with van der Waals surface area (Å²) in [5, 5.41) is 20.2. The highest BCUT2D eigenvalue weighted by atomic mass is 16.3. The Bertz CT molecular complexity index is 631. The van der Waals surface area contributed by atoms with Crippen LogP contribution in [0.25, 0.3) is 0 Å². The maximum absolute atomic E-state index is 13.1. The highest BCUT2D eigenvalue weighted by Crippen LogP contribution is 2.70. The van der Waals surface area contributed by atoms with E-state index in [-0.39, 0.29) is 46.2 Å². The third kappa shape index (κ3) is 1.72. The summed E-state index contributed by atoms with van der Waals surface area (Å²) in [6.07, 6.45) is 11.3. The van der Waals surface area contributed by atoms with Gasteiger partial charge in [-0.05, 0) is 60.8 Å². The lowest BCUT2D eigenvalue weighted by molar-refractivity contribution is -0.159. The standard InChI is InChI=1S/C20H28O3/c1-17(2)10-13(22)16(23)18(3)14(17)5-7-20-9-8-19(11-20,12-21)6-4-15(18)20/h8-10,14-15,21-22H,4-7,11-12H2,1-3H3. The van der Waals surface area contributed by atoms with E-state index in [0.29, 0.717) is 0 Å².